The third-order valence-corrected chi connectivity index (χ3v) is 4.37. The number of nitrogens with one attached hydrogen (secondary N) is 1. The first-order valence-corrected chi connectivity index (χ1v) is 8.05. The molecule has 3 N–H and O–H groups in total. The standard InChI is InChI=1S/C17H27N3O.2ClH/c1-2-20-12-6-5-8-15(20)13-19-17(21)11-10-14-7-3-4-9-16(14)18;;/h3-4,7,9,15H,2,5-6,8,10-13,18H2,1H3,(H,19,21);2*1H. The molecule has 1 unspecified atom stereocenters. The van der Waals surface area contributed by atoms with Gasteiger partial charge in [0.2, 0.25) is 5.91 Å². The number of carbonyl (C=O) groups excluding carboxylic acids is 1. The summed E-state index contributed by atoms with van der Waals surface area (Å²) < 4.78 is 0. The van der Waals surface area contributed by atoms with Crippen LogP contribution in [0.25, 0.3) is 0 Å². The van der Waals surface area contributed by atoms with Crippen LogP contribution in [-0.4, -0.2) is 36.5 Å². The fraction of sp³-hybridized carbons (Fsp3) is 0.588. The zero-order chi connectivity index (χ0) is 15.1. The minimum Gasteiger partial charge on any atom is -0.399 e. The second-order valence-electron chi connectivity index (χ2n) is 5.78. The Morgan fingerprint density at radius 3 is 2.74 bits per heavy atom. The number of nitrogens with two attached hydrogens (primary N) is 1. The van der Waals surface area contributed by atoms with Gasteiger partial charge in [-0.1, -0.05) is 31.5 Å². The van der Waals surface area contributed by atoms with Crippen LogP contribution in [0.5, 0.6) is 0 Å². The largest absolute Gasteiger partial charge is 0.399 e. The minimum absolute atomic E-state index is 0. The zero-order valence-corrected chi connectivity index (χ0v) is 15.4. The Hall–Kier alpha value is -0.970. The highest BCUT2D eigenvalue weighted by molar-refractivity contribution is 5.85. The van der Waals surface area contributed by atoms with Crippen molar-refractivity contribution in [3.63, 3.8) is 0 Å². The van der Waals surface area contributed by atoms with E-state index in [0.29, 0.717) is 18.9 Å². The first kappa shape index (κ1) is 22.0. The molecule has 1 heterocycles. The Morgan fingerprint density at radius 2 is 2.04 bits per heavy atom. The summed E-state index contributed by atoms with van der Waals surface area (Å²) in [5.41, 5.74) is 7.72. The number of hydrogen-bond donors (Lipinski definition) is 2. The Labute approximate surface area is 152 Å². The molecule has 0 aliphatic carbocycles. The predicted molar refractivity (Wildman–Crippen MR) is 102 cm³/mol. The van der Waals surface area contributed by atoms with E-state index in [1.807, 2.05) is 24.3 Å². The molecular weight excluding hydrogens is 333 g/mol. The van der Waals surface area contributed by atoms with Crippen molar-refractivity contribution in [2.24, 2.45) is 0 Å². The Morgan fingerprint density at radius 1 is 1.30 bits per heavy atom. The number of rotatable bonds is 6. The normalized spacial score (nSPS) is 17.7. The van der Waals surface area contributed by atoms with Crippen molar-refractivity contribution in [2.45, 2.75) is 45.1 Å². The number of hydrogen-bond acceptors (Lipinski definition) is 3. The minimum atomic E-state index is 0. The van der Waals surface area contributed by atoms with Crippen LogP contribution in [0.3, 0.4) is 0 Å². The number of aryl methyl sites for hydroxylation is 1. The van der Waals surface area contributed by atoms with Crippen molar-refractivity contribution >= 4 is 36.4 Å². The molecule has 1 atom stereocenters. The molecule has 1 amide bonds. The molecule has 6 heteroatoms. The van der Waals surface area contributed by atoms with Crippen molar-refractivity contribution in [2.75, 3.05) is 25.4 Å². The lowest BCUT2D eigenvalue weighted by Gasteiger charge is -2.34. The van der Waals surface area contributed by atoms with Crippen LogP contribution in [0.15, 0.2) is 24.3 Å². The summed E-state index contributed by atoms with van der Waals surface area (Å²) in [6.45, 7) is 5.20. The summed E-state index contributed by atoms with van der Waals surface area (Å²) >= 11 is 0. The van der Waals surface area contributed by atoms with Gasteiger partial charge < -0.3 is 11.1 Å². The smallest absolute Gasteiger partial charge is 0.220 e. The van der Waals surface area contributed by atoms with Gasteiger partial charge in [-0.3, -0.25) is 9.69 Å². The lowest BCUT2D eigenvalue weighted by molar-refractivity contribution is -0.121. The number of likely N-dealkylation sites (tertiary alicyclic amines) is 1. The van der Waals surface area contributed by atoms with Crippen molar-refractivity contribution < 1.29 is 4.79 Å². The van der Waals surface area contributed by atoms with E-state index in [2.05, 4.69) is 17.1 Å². The van der Waals surface area contributed by atoms with Gasteiger partial charge in [0.25, 0.3) is 0 Å². The van der Waals surface area contributed by atoms with E-state index >= 15 is 0 Å². The number of nitrogen functional groups attached to an aromatic ring is 1. The van der Waals surface area contributed by atoms with E-state index in [-0.39, 0.29) is 30.7 Å². The molecular formula is C17H29Cl2N3O. The molecule has 0 aromatic heterocycles. The van der Waals surface area contributed by atoms with Crippen molar-refractivity contribution in [1.82, 2.24) is 10.2 Å². The van der Waals surface area contributed by atoms with Crippen LogP contribution in [0, 0.1) is 0 Å². The highest BCUT2D eigenvalue weighted by Crippen LogP contribution is 2.16. The SMILES string of the molecule is CCN1CCCCC1CNC(=O)CCc1ccccc1N.Cl.Cl. The number of halogens is 2. The first-order chi connectivity index (χ1) is 10.2. The van der Waals surface area contributed by atoms with Crippen LogP contribution >= 0.6 is 24.8 Å². The van der Waals surface area contributed by atoms with Crippen LogP contribution in [0.4, 0.5) is 5.69 Å². The van der Waals surface area contributed by atoms with E-state index < -0.39 is 0 Å². The van der Waals surface area contributed by atoms with Gasteiger partial charge in [-0.15, -0.1) is 24.8 Å². The number of likely N-dealkylation sites (N-methyl/N-ethyl adjacent to an activating group) is 1. The average molecular weight is 362 g/mol. The summed E-state index contributed by atoms with van der Waals surface area (Å²) in [6.07, 6.45) is 4.97. The Balaban J connectivity index is 0.00000242. The topological polar surface area (TPSA) is 58.4 Å². The molecule has 0 radical (unpaired) electrons. The van der Waals surface area contributed by atoms with Gasteiger partial charge in [0.15, 0.2) is 0 Å². The molecule has 1 fully saturated rings. The van der Waals surface area contributed by atoms with E-state index in [0.717, 1.165) is 30.9 Å². The monoisotopic (exact) mass is 361 g/mol. The van der Waals surface area contributed by atoms with E-state index in [9.17, 15) is 4.79 Å². The zero-order valence-electron chi connectivity index (χ0n) is 13.8. The van der Waals surface area contributed by atoms with Crippen molar-refractivity contribution in [3.05, 3.63) is 29.8 Å². The average Bonchev–Trinajstić information content (AvgIpc) is 2.52. The number of piperidine rings is 1. The predicted octanol–water partition coefficient (Wildman–Crippen LogP) is 3.04. The molecule has 1 aliphatic rings. The fourth-order valence-electron chi connectivity index (χ4n) is 3.04. The second kappa shape index (κ2) is 11.5. The number of benzene rings is 1. The molecule has 1 aromatic carbocycles. The summed E-state index contributed by atoms with van der Waals surface area (Å²) in [5, 5.41) is 3.08. The number of anilines is 1. The van der Waals surface area contributed by atoms with E-state index in [1.54, 1.807) is 0 Å². The summed E-state index contributed by atoms with van der Waals surface area (Å²) in [7, 11) is 0. The Bertz CT molecular complexity index is 471. The summed E-state index contributed by atoms with van der Waals surface area (Å²) in [6, 6.07) is 8.26. The van der Waals surface area contributed by atoms with Gasteiger partial charge in [0.05, 0.1) is 0 Å². The van der Waals surface area contributed by atoms with Crippen molar-refractivity contribution in [3.8, 4) is 0 Å². The highest BCUT2D eigenvalue weighted by Gasteiger charge is 2.21. The van der Waals surface area contributed by atoms with Gasteiger partial charge in [-0.2, -0.15) is 0 Å². The maximum Gasteiger partial charge on any atom is 0.220 e. The van der Waals surface area contributed by atoms with Gasteiger partial charge in [0.1, 0.15) is 0 Å². The molecule has 0 bridgehead atoms. The number of amides is 1. The summed E-state index contributed by atoms with van der Waals surface area (Å²) in [4.78, 5) is 14.5. The number of nitrogens with zero attached hydrogens (tertiary/aromatic N) is 1. The first-order valence-electron chi connectivity index (χ1n) is 8.05. The molecule has 1 saturated heterocycles. The summed E-state index contributed by atoms with van der Waals surface area (Å²) in [5.74, 6) is 0.125. The van der Waals surface area contributed by atoms with Crippen LogP contribution in [-0.2, 0) is 11.2 Å². The van der Waals surface area contributed by atoms with Crippen molar-refractivity contribution in [1.29, 1.82) is 0 Å². The second-order valence-corrected chi connectivity index (χ2v) is 5.78. The highest BCUT2D eigenvalue weighted by atomic mass is 35.5. The molecule has 0 spiro atoms. The Kier molecular flexibility index (Phi) is 11.1. The third kappa shape index (κ3) is 6.98. The fourth-order valence-corrected chi connectivity index (χ4v) is 3.04. The van der Waals surface area contributed by atoms with Gasteiger partial charge >= 0.3 is 0 Å². The van der Waals surface area contributed by atoms with Gasteiger partial charge in [-0.25, -0.2) is 0 Å². The quantitative estimate of drug-likeness (QED) is 0.765. The molecule has 4 nitrogen and oxygen atoms in total. The maximum absolute atomic E-state index is 12.0. The third-order valence-electron chi connectivity index (χ3n) is 4.37. The van der Waals surface area contributed by atoms with Gasteiger partial charge in [-0.05, 0) is 44.0 Å². The lowest BCUT2D eigenvalue weighted by atomic mass is 10.0. The number of para-hydroxylation sites is 1. The van der Waals surface area contributed by atoms with E-state index in [4.69, 9.17) is 5.73 Å². The maximum atomic E-state index is 12.0. The van der Waals surface area contributed by atoms with Crippen LogP contribution in [0.1, 0.15) is 38.2 Å². The molecule has 1 aliphatic heterocycles. The lowest BCUT2D eigenvalue weighted by Crippen LogP contribution is -2.46. The molecule has 23 heavy (non-hydrogen) atoms. The van der Waals surface area contributed by atoms with Crippen LogP contribution < -0.4 is 11.1 Å². The van der Waals surface area contributed by atoms with Crippen LogP contribution in [0.2, 0.25) is 0 Å². The molecule has 1 aromatic rings. The molecule has 132 valence electrons. The molecule has 2 rings (SSSR count). The van der Waals surface area contributed by atoms with Gasteiger partial charge in [0, 0.05) is 24.7 Å². The van der Waals surface area contributed by atoms with E-state index in [1.165, 1.54) is 19.3 Å². The number of carbonyl (C=O) groups is 1. The molecule has 0 saturated carbocycles.